The molecule has 0 radical (unpaired) electrons. The molecule has 0 bridgehead atoms. The van der Waals surface area contributed by atoms with Crippen molar-refractivity contribution in [1.82, 2.24) is 9.55 Å². The van der Waals surface area contributed by atoms with Crippen LogP contribution < -0.4 is 5.73 Å². The van der Waals surface area contributed by atoms with Gasteiger partial charge in [-0.1, -0.05) is 17.7 Å². The maximum atomic E-state index is 6.03. The molecule has 0 saturated carbocycles. The molecule has 88 valence electrons. The number of nitrogens with two attached hydrogens (primary N) is 1. The maximum Gasteiger partial charge on any atom is 0.0991 e. The molecule has 16 heavy (non-hydrogen) atoms. The van der Waals surface area contributed by atoms with E-state index in [1.54, 1.807) is 12.5 Å². The van der Waals surface area contributed by atoms with Gasteiger partial charge in [0.2, 0.25) is 0 Å². The van der Waals surface area contributed by atoms with Gasteiger partial charge < -0.3 is 10.3 Å². The zero-order valence-electron chi connectivity index (χ0n) is 8.34. The fourth-order valence-electron chi connectivity index (χ4n) is 1.39. The summed E-state index contributed by atoms with van der Waals surface area (Å²) in [5.74, 6) is 0. The second-order valence-corrected chi connectivity index (χ2v) is 3.32. The Morgan fingerprint density at radius 2 is 2.06 bits per heavy atom. The second-order valence-electron chi connectivity index (χ2n) is 2.91. The normalized spacial score (nSPS) is 9.12. The van der Waals surface area contributed by atoms with Crippen molar-refractivity contribution >= 4 is 36.4 Å². The van der Waals surface area contributed by atoms with Crippen molar-refractivity contribution in [3.8, 4) is 5.69 Å². The first-order chi connectivity index (χ1) is 6.83. The number of aromatic nitrogens is 2. The molecule has 0 aliphatic rings. The molecule has 0 saturated heterocycles. The van der Waals surface area contributed by atoms with E-state index in [0.717, 1.165) is 11.3 Å². The van der Waals surface area contributed by atoms with Crippen LogP contribution in [0.5, 0.6) is 0 Å². The molecule has 6 heteroatoms. The second kappa shape index (κ2) is 6.76. The number of halogens is 3. The molecule has 1 heterocycles. The van der Waals surface area contributed by atoms with E-state index in [9.17, 15) is 0 Å². The Hall–Kier alpha value is -0.740. The van der Waals surface area contributed by atoms with Crippen LogP contribution in [0.4, 0.5) is 0 Å². The minimum Gasteiger partial charge on any atom is -0.326 e. The average molecular weight is 281 g/mol. The molecule has 1 aromatic carbocycles. The molecule has 2 N–H and O–H groups in total. The van der Waals surface area contributed by atoms with Gasteiger partial charge in [-0.05, 0) is 12.1 Å². The van der Waals surface area contributed by atoms with E-state index in [1.807, 2.05) is 29.0 Å². The van der Waals surface area contributed by atoms with Crippen molar-refractivity contribution in [1.29, 1.82) is 0 Å². The van der Waals surface area contributed by atoms with Crippen molar-refractivity contribution in [2.75, 3.05) is 0 Å². The molecule has 0 atom stereocenters. The Kier molecular flexibility index (Phi) is 6.45. The fraction of sp³-hybridized carbons (Fsp3) is 0.100. The highest BCUT2D eigenvalue weighted by molar-refractivity contribution is 6.31. The Bertz CT molecular complexity index is 429. The predicted molar refractivity (Wildman–Crippen MR) is 71.0 cm³/mol. The van der Waals surface area contributed by atoms with E-state index in [-0.39, 0.29) is 24.8 Å². The van der Waals surface area contributed by atoms with Crippen LogP contribution in [0.15, 0.2) is 36.9 Å². The molecule has 1 aromatic heterocycles. The molecule has 0 aliphatic carbocycles. The molecule has 0 spiro atoms. The largest absolute Gasteiger partial charge is 0.326 e. The molecule has 0 fully saturated rings. The van der Waals surface area contributed by atoms with Crippen LogP contribution in [0, 0.1) is 0 Å². The molecule has 3 nitrogen and oxygen atoms in total. The lowest BCUT2D eigenvalue weighted by Gasteiger charge is -2.09. The lowest BCUT2D eigenvalue weighted by Crippen LogP contribution is -2.03. The Morgan fingerprint density at radius 1 is 1.31 bits per heavy atom. The van der Waals surface area contributed by atoms with E-state index in [4.69, 9.17) is 17.3 Å². The van der Waals surface area contributed by atoms with Gasteiger partial charge in [0, 0.05) is 29.5 Å². The van der Waals surface area contributed by atoms with Gasteiger partial charge in [-0.2, -0.15) is 0 Å². The van der Waals surface area contributed by atoms with Crippen LogP contribution >= 0.6 is 36.4 Å². The average Bonchev–Trinajstić information content (AvgIpc) is 2.70. The summed E-state index contributed by atoms with van der Waals surface area (Å²) < 4.78 is 1.90. The highest BCUT2D eigenvalue weighted by atomic mass is 35.5. The van der Waals surface area contributed by atoms with Crippen LogP contribution in [0.1, 0.15) is 5.56 Å². The Balaban J connectivity index is 0.00000112. The summed E-state index contributed by atoms with van der Waals surface area (Å²) in [7, 11) is 0. The number of rotatable bonds is 2. The van der Waals surface area contributed by atoms with Gasteiger partial charge in [-0.25, -0.2) is 4.98 Å². The third-order valence-electron chi connectivity index (χ3n) is 2.08. The molecule has 0 amide bonds. The smallest absolute Gasteiger partial charge is 0.0991 e. The first-order valence-corrected chi connectivity index (χ1v) is 4.66. The van der Waals surface area contributed by atoms with Crippen LogP contribution in [0.3, 0.4) is 0 Å². The third-order valence-corrected chi connectivity index (χ3v) is 2.43. The fourth-order valence-corrected chi connectivity index (χ4v) is 1.64. The summed E-state index contributed by atoms with van der Waals surface area (Å²) in [6.07, 6.45) is 5.32. The molecule has 2 aromatic rings. The van der Waals surface area contributed by atoms with E-state index in [2.05, 4.69) is 4.98 Å². The van der Waals surface area contributed by atoms with Crippen LogP contribution in [-0.2, 0) is 6.54 Å². The number of imidazole rings is 1. The van der Waals surface area contributed by atoms with E-state index in [1.165, 1.54) is 0 Å². The number of benzene rings is 1. The maximum absolute atomic E-state index is 6.03. The summed E-state index contributed by atoms with van der Waals surface area (Å²) in [5, 5.41) is 0.693. The predicted octanol–water partition coefficient (Wildman–Crippen LogP) is 2.83. The van der Waals surface area contributed by atoms with Gasteiger partial charge in [-0.3, -0.25) is 0 Å². The quantitative estimate of drug-likeness (QED) is 0.919. The van der Waals surface area contributed by atoms with Crippen molar-refractivity contribution in [2.45, 2.75) is 6.54 Å². The highest BCUT2D eigenvalue weighted by Crippen LogP contribution is 2.22. The summed E-state index contributed by atoms with van der Waals surface area (Å²) in [6, 6.07) is 5.71. The van der Waals surface area contributed by atoms with Crippen LogP contribution in [0.2, 0.25) is 5.02 Å². The highest BCUT2D eigenvalue weighted by Gasteiger charge is 2.05. The summed E-state index contributed by atoms with van der Waals surface area (Å²) in [4.78, 5) is 3.98. The number of nitrogens with zero attached hydrogens (tertiary/aromatic N) is 2. The van der Waals surface area contributed by atoms with Gasteiger partial charge in [-0.15, -0.1) is 24.8 Å². The molecular weight excluding hydrogens is 268 g/mol. The Morgan fingerprint density at radius 3 is 2.62 bits per heavy atom. The summed E-state index contributed by atoms with van der Waals surface area (Å²) in [5.41, 5.74) is 7.56. The lowest BCUT2D eigenvalue weighted by molar-refractivity contribution is 0.983. The molecule has 2 rings (SSSR count). The Labute approximate surface area is 111 Å². The first kappa shape index (κ1) is 15.3. The van der Waals surface area contributed by atoms with Gasteiger partial charge in [0.15, 0.2) is 0 Å². The minimum absolute atomic E-state index is 0. The monoisotopic (exact) mass is 279 g/mol. The zero-order chi connectivity index (χ0) is 9.97. The van der Waals surface area contributed by atoms with Gasteiger partial charge >= 0.3 is 0 Å². The van der Waals surface area contributed by atoms with Gasteiger partial charge in [0.05, 0.1) is 12.0 Å². The van der Waals surface area contributed by atoms with Gasteiger partial charge in [0.1, 0.15) is 0 Å². The summed E-state index contributed by atoms with van der Waals surface area (Å²) >= 11 is 6.03. The van der Waals surface area contributed by atoms with Crippen molar-refractivity contribution in [3.05, 3.63) is 47.5 Å². The summed E-state index contributed by atoms with van der Waals surface area (Å²) in [6.45, 7) is 0.424. The minimum atomic E-state index is 0. The number of hydrogen-bond acceptors (Lipinski definition) is 2. The van der Waals surface area contributed by atoms with Crippen molar-refractivity contribution in [2.24, 2.45) is 5.73 Å². The SMILES string of the molecule is Cl.Cl.NCc1c(Cl)cccc1-n1ccnc1. The first-order valence-electron chi connectivity index (χ1n) is 4.28. The van der Waals surface area contributed by atoms with E-state index >= 15 is 0 Å². The van der Waals surface area contributed by atoms with Crippen molar-refractivity contribution < 1.29 is 0 Å². The standard InChI is InChI=1S/C10H10ClN3.2ClH/c11-9-2-1-3-10(8(9)6-12)14-5-4-13-7-14;;/h1-5,7H,6,12H2;2*1H. The number of hydrogen-bond donors (Lipinski definition) is 1. The topological polar surface area (TPSA) is 43.8 Å². The molecule has 0 unspecified atom stereocenters. The van der Waals surface area contributed by atoms with Gasteiger partial charge in [0.25, 0.3) is 0 Å². The lowest BCUT2D eigenvalue weighted by atomic mass is 10.2. The van der Waals surface area contributed by atoms with Crippen LogP contribution in [0.25, 0.3) is 5.69 Å². The third kappa shape index (κ3) is 2.89. The van der Waals surface area contributed by atoms with Crippen molar-refractivity contribution in [3.63, 3.8) is 0 Å². The molecule has 0 aliphatic heterocycles. The zero-order valence-corrected chi connectivity index (χ0v) is 10.7. The van der Waals surface area contributed by atoms with E-state index < -0.39 is 0 Å². The molecular formula is C10H12Cl3N3. The van der Waals surface area contributed by atoms with Crippen LogP contribution in [-0.4, -0.2) is 9.55 Å². The van der Waals surface area contributed by atoms with E-state index in [0.29, 0.717) is 11.6 Å².